The first-order chi connectivity index (χ1) is 15.2. The Labute approximate surface area is 183 Å². The molecule has 2 N–H and O–H groups in total. The van der Waals surface area contributed by atoms with Gasteiger partial charge in [-0.15, -0.1) is 0 Å². The molecule has 5 nitrogen and oxygen atoms in total. The van der Waals surface area contributed by atoms with Gasteiger partial charge in [0.05, 0.1) is 18.8 Å². The Morgan fingerprint density at radius 3 is 2.56 bits per heavy atom. The molecule has 0 unspecified atom stereocenters. The molecule has 1 fully saturated rings. The largest absolute Gasteiger partial charge is 0.411 e. The quantitative estimate of drug-likeness (QED) is 0.723. The molecule has 2 aliphatic heterocycles. The van der Waals surface area contributed by atoms with Gasteiger partial charge in [0.25, 0.3) is 5.91 Å². The molecule has 0 bridgehead atoms. The lowest BCUT2D eigenvalue weighted by Gasteiger charge is -2.41. The van der Waals surface area contributed by atoms with Crippen LogP contribution in [-0.4, -0.2) is 55.0 Å². The number of hydrogen-bond donors (Lipinski definition) is 1. The molecule has 0 radical (unpaired) electrons. The average Bonchev–Trinajstić information content (AvgIpc) is 2.77. The fourth-order valence-electron chi connectivity index (χ4n) is 4.34. The maximum atomic E-state index is 13.5. The number of carbonyl (C=O) groups is 1. The third-order valence-corrected chi connectivity index (χ3v) is 5.91. The zero-order valence-electron chi connectivity index (χ0n) is 17.2. The highest BCUT2D eigenvalue weighted by atomic mass is 19.4. The molecule has 0 aliphatic carbocycles. The van der Waals surface area contributed by atoms with Gasteiger partial charge in [-0.3, -0.25) is 4.79 Å². The normalized spacial score (nSPS) is 26.0. The van der Waals surface area contributed by atoms with Crippen LogP contribution in [0.25, 0.3) is 0 Å². The van der Waals surface area contributed by atoms with Crippen molar-refractivity contribution in [1.29, 1.82) is 0 Å². The van der Waals surface area contributed by atoms with Crippen LogP contribution in [0.1, 0.15) is 29.2 Å². The number of rotatable bonds is 4. The topological polar surface area (TPSA) is 64.8 Å². The third kappa shape index (κ3) is 4.95. The van der Waals surface area contributed by atoms with Gasteiger partial charge in [0.1, 0.15) is 18.5 Å². The van der Waals surface area contributed by atoms with Crippen LogP contribution in [0.5, 0.6) is 0 Å². The molecule has 2 aromatic carbocycles. The Morgan fingerprint density at radius 2 is 1.88 bits per heavy atom. The van der Waals surface area contributed by atoms with Crippen LogP contribution in [-0.2, 0) is 20.7 Å². The lowest BCUT2D eigenvalue weighted by atomic mass is 9.87. The van der Waals surface area contributed by atoms with Gasteiger partial charge in [-0.25, -0.2) is 4.39 Å². The van der Waals surface area contributed by atoms with E-state index in [0.717, 1.165) is 16.7 Å². The Hall–Kier alpha value is -2.49. The van der Waals surface area contributed by atoms with Crippen LogP contribution in [0.4, 0.5) is 17.6 Å². The van der Waals surface area contributed by atoms with E-state index in [1.165, 1.54) is 12.1 Å². The van der Waals surface area contributed by atoms with Gasteiger partial charge in [0, 0.05) is 19.0 Å². The molecule has 0 spiro atoms. The van der Waals surface area contributed by atoms with Crippen molar-refractivity contribution in [2.24, 2.45) is 5.73 Å². The first kappa shape index (κ1) is 22.7. The van der Waals surface area contributed by atoms with Crippen molar-refractivity contribution in [3.63, 3.8) is 0 Å². The maximum Gasteiger partial charge on any atom is 0.411 e. The SMILES string of the molecule is N[C@H]1C[C@H](C(=O)N2CCc3ccccc3[C@@H]2c2ccc(F)cc2)OC[C@@H]1OCC(F)(F)F. The number of hydrogen-bond acceptors (Lipinski definition) is 4. The predicted octanol–water partition coefficient (Wildman–Crippen LogP) is 3.36. The van der Waals surface area contributed by atoms with E-state index in [1.807, 2.05) is 24.3 Å². The number of nitrogens with zero attached hydrogens (tertiary/aromatic N) is 1. The van der Waals surface area contributed by atoms with Crippen molar-refractivity contribution in [3.8, 4) is 0 Å². The van der Waals surface area contributed by atoms with E-state index in [1.54, 1.807) is 17.0 Å². The molecular formula is C23H24F4N2O3. The van der Waals surface area contributed by atoms with Crippen LogP contribution < -0.4 is 5.73 Å². The van der Waals surface area contributed by atoms with Crippen LogP contribution in [0.3, 0.4) is 0 Å². The minimum atomic E-state index is -4.46. The van der Waals surface area contributed by atoms with Crippen molar-refractivity contribution >= 4 is 5.91 Å². The number of halogens is 4. The van der Waals surface area contributed by atoms with Gasteiger partial charge >= 0.3 is 6.18 Å². The summed E-state index contributed by atoms with van der Waals surface area (Å²) in [5.74, 6) is -0.666. The van der Waals surface area contributed by atoms with E-state index in [4.69, 9.17) is 15.2 Å². The van der Waals surface area contributed by atoms with Crippen LogP contribution >= 0.6 is 0 Å². The monoisotopic (exact) mass is 452 g/mol. The van der Waals surface area contributed by atoms with E-state index in [0.29, 0.717) is 13.0 Å². The molecule has 4 rings (SSSR count). The van der Waals surface area contributed by atoms with Gasteiger partial charge in [0.2, 0.25) is 0 Å². The lowest BCUT2D eigenvalue weighted by molar-refractivity contribution is -0.203. The molecule has 2 heterocycles. The van der Waals surface area contributed by atoms with Gasteiger partial charge in [-0.1, -0.05) is 36.4 Å². The number of nitrogens with two attached hydrogens (primary N) is 1. The third-order valence-electron chi connectivity index (χ3n) is 5.91. The minimum absolute atomic E-state index is 0.0512. The van der Waals surface area contributed by atoms with Gasteiger partial charge in [-0.05, 0) is 35.2 Å². The molecule has 2 aliphatic rings. The first-order valence-corrected chi connectivity index (χ1v) is 10.4. The number of amides is 1. The summed E-state index contributed by atoms with van der Waals surface area (Å²) in [5.41, 5.74) is 8.84. The number of ether oxygens (including phenoxy) is 2. The molecular weight excluding hydrogens is 428 g/mol. The van der Waals surface area contributed by atoms with E-state index < -0.39 is 37.1 Å². The average molecular weight is 452 g/mol. The molecule has 4 atom stereocenters. The number of benzene rings is 2. The Balaban J connectivity index is 1.53. The van der Waals surface area contributed by atoms with Crippen molar-refractivity contribution in [1.82, 2.24) is 4.90 Å². The van der Waals surface area contributed by atoms with E-state index in [2.05, 4.69) is 0 Å². The summed E-state index contributed by atoms with van der Waals surface area (Å²) in [6.07, 6.45) is -5.58. The molecule has 0 saturated carbocycles. The van der Waals surface area contributed by atoms with E-state index in [-0.39, 0.29) is 24.8 Å². The molecule has 1 saturated heterocycles. The standard InChI is InChI=1S/C23H24F4N2O3/c24-16-7-5-15(6-8-16)21-17-4-2-1-3-14(17)9-10-29(21)22(30)19-11-18(28)20(12-31-19)32-13-23(25,26)27/h1-8,18-21H,9-13,28H2/t18-,19+,20-,21-/m0/s1. The zero-order valence-corrected chi connectivity index (χ0v) is 17.2. The number of fused-ring (bicyclic) bond motifs is 1. The molecule has 172 valence electrons. The van der Waals surface area contributed by atoms with Crippen molar-refractivity contribution < 1.29 is 31.8 Å². The van der Waals surface area contributed by atoms with Crippen molar-refractivity contribution in [2.45, 2.75) is 43.3 Å². The molecule has 2 aromatic rings. The fraction of sp³-hybridized carbons (Fsp3) is 0.435. The molecule has 9 heteroatoms. The Morgan fingerprint density at radius 1 is 1.16 bits per heavy atom. The summed E-state index contributed by atoms with van der Waals surface area (Å²) in [7, 11) is 0. The van der Waals surface area contributed by atoms with Crippen LogP contribution in [0.2, 0.25) is 0 Å². The molecule has 1 amide bonds. The van der Waals surface area contributed by atoms with Crippen molar-refractivity contribution in [2.75, 3.05) is 19.8 Å². The molecule has 0 aromatic heterocycles. The summed E-state index contributed by atoms with van der Waals surface area (Å²) >= 11 is 0. The first-order valence-electron chi connectivity index (χ1n) is 10.4. The highest BCUT2D eigenvalue weighted by Crippen LogP contribution is 2.36. The Kier molecular flexibility index (Phi) is 6.50. The highest BCUT2D eigenvalue weighted by molar-refractivity contribution is 5.82. The summed E-state index contributed by atoms with van der Waals surface area (Å²) < 4.78 is 61.3. The maximum absolute atomic E-state index is 13.5. The second-order valence-electron chi connectivity index (χ2n) is 8.12. The summed E-state index contributed by atoms with van der Waals surface area (Å²) in [4.78, 5) is 15.1. The van der Waals surface area contributed by atoms with Crippen molar-refractivity contribution in [3.05, 3.63) is 71.0 Å². The summed E-state index contributed by atoms with van der Waals surface area (Å²) in [6.45, 7) is -1.18. The van der Waals surface area contributed by atoms with Gasteiger partial charge < -0.3 is 20.1 Å². The zero-order chi connectivity index (χ0) is 22.9. The number of alkyl halides is 3. The predicted molar refractivity (Wildman–Crippen MR) is 108 cm³/mol. The minimum Gasteiger partial charge on any atom is -0.366 e. The highest BCUT2D eigenvalue weighted by Gasteiger charge is 2.41. The second-order valence-corrected chi connectivity index (χ2v) is 8.12. The van der Waals surface area contributed by atoms with Gasteiger partial charge in [0.15, 0.2) is 0 Å². The lowest BCUT2D eigenvalue weighted by Crippen LogP contribution is -2.54. The van der Waals surface area contributed by atoms with E-state index in [9.17, 15) is 22.4 Å². The molecule has 32 heavy (non-hydrogen) atoms. The fourth-order valence-corrected chi connectivity index (χ4v) is 4.34. The van der Waals surface area contributed by atoms with Crippen LogP contribution in [0.15, 0.2) is 48.5 Å². The van der Waals surface area contributed by atoms with E-state index >= 15 is 0 Å². The second kappa shape index (κ2) is 9.17. The summed E-state index contributed by atoms with van der Waals surface area (Å²) in [5, 5.41) is 0. The van der Waals surface area contributed by atoms with Crippen LogP contribution in [0, 0.1) is 5.82 Å². The smallest absolute Gasteiger partial charge is 0.366 e. The summed E-state index contributed by atoms with van der Waals surface area (Å²) in [6, 6.07) is 12.6. The Bertz CT molecular complexity index is 951. The van der Waals surface area contributed by atoms with Gasteiger partial charge in [-0.2, -0.15) is 13.2 Å². The number of carbonyl (C=O) groups excluding carboxylic acids is 1.